The summed E-state index contributed by atoms with van der Waals surface area (Å²) in [7, 11) is 0. The van der Waals surface area contributed by atoms with E-state index in [1.807, 2.05) is 24.3 Å². The summed E-state index contributed by atoms with van der Waals surface area (Å²) in [6, 6.07) is 7.63. The van der Waals surface area contributed by atoms with E-state index in [2.05, 4.69) is 32.9 Å². The van der Waals surface area contributed by atoms with Crippen LogP contribution in [0.2, 0.25) is 5.02 Å². The summed E-state index contributed by atoms with van der Waals surface area (Å²) in [5, 5.41) is 4.94. The molecule has 2 nitrogen and oxygen atoms in total. The largest absolute Gasteiger partial charge is 0.391 e. The molecular weight excluding hydrogens is 234 g/mol. The molecular formula is C14H20ClNO. The normalized spacial score (nSPS) is 12.6. The summed E-state index contributed by atoms with van der Waals surface area (Å²) < 4.78 is 0. The Morgan fingerprint density at radius 3 is 2.59 bits per heavy atom. The van der Waals surface area contributed by atoms with Crippen LogP contribution in [0.25, 0.3) is 0 Å². The lowest BCUT2D eigenvalue weighted by atomic mass is 9.89. The molecule has 0 unspecified atom stereocenters. The number of benzene rings is 1. The Morgan fingerprint density at radius 1 is 1.35 bits per heavy atom. The fourth-order valence-corrected chi connectivity index (χ4v) is 1.76. The van der Waals surface area contributed by atoms with Crippen molar-refractivity contribution in [1.82, 2.24) is 0 Å². The molecule has 0 bridgehead atoms. The van der Waals surface area contributed by atoms with E-state index in [1.54, 1.807) is 0 Å². The van der Waals surface area contributed by atoms with Crippen molar-refractivity contribution in [3.8, 4) is 0 Å². The minimum atomic E-state index is 0.0586. The lowest BCUT2D eigenvalue weighted by Crippen LogP contribution is -2.19. The van der Waals surface area contributed by atoms with Gasteiger partial charge in [-0.3, -0.25) is 0 Å². The van der Waals surface area contributed by atoms with Crippen molar-refractivity contribution in [3.63, 3.8) is 0 Å². The summed E-state index contributed by atoms with van der Waals surface area (Å²) in [6.07, 6.45) is 0.902. The van der Waals surface area contributed by atoms with Gasteiger partial charge in [0, 0.05) is 10.4 Å². The maximum atomic E-state index is 5.89. The highest BCUT2D eigenvalue weighted by molar-refractivity contribution is 6.30. The first-order chi connectivity index (χ1) is 7.93. The molecule has 0 spiro atoms. The molecule has 1 aromatic rings. The maximum Gasteiger partial charge on any atom is 0.142 e. The number of oxime groups is 1. The van der Waals surface area contributed by atoms with E-state index < -0.39 is 0 Å². The monoisotopic (exact) mass is 253 g/mol. The zero-order valence-corrected chi connectivity index (χ0v) is 11.7. The molecule has 0 aliphatic rings. The van der Waals surface area contributed by atoms with Crippen LogP contribution in [-0.2, 0) is 11.4 Å². The SMILES string of the molecule is CC/C(=N\OCc1cccc(Cl)c1)C(C)(C)C. The van der Waals surface area contributed by atoms with Crippen LogP contribution in [0.3, 0.4) is 0 Å². The van der Waals surface area contributed by atoms with Gasteiger partial charge in [0.25, 0.3) is 0 Å². The Morgan fingerprint density at radius 2 is 2.06 bits per heavy atom. The van der Waals surface area contributed by atoms with Crippen molar-refractivity contribution >= 4 is 17.3 Å². The van der Waals surface area contributed by atoms with E-state index in [1.165, 1.54) is 0 Å². The van der Waals surface area contributed by atoms with E-state index in [4.69, 9.17) is 16.4 Å². The smallest absolute Gasteiger partial charge is 0.142 e. The van der Waals surface area contributed by atoms with Crippen molar-refractivity contribution in [1.29, 1.82) is 0 Å². The first kappa shape index (κ1) is 14.0. The van der Waals surface area contributed by atoms with E-state index in [9.17, 15) is 0 Å². The molecule has 0 aliphatic heterocycles. The Kier molecular flexibility index (Phi) is 5.01. The Labute approximate surface area is 109 Å². The van der Waals surface area contributed by atoms with Crippen LogP contribution >= 0.6 is 11.6 Å². The minimum absolute atomic E-state index is 0.0586. The van der Waals surface area contributed by atoms with Crippen LogP contribution in [0.1, 0.15) is 39.7 Å². The van der Waals surface area contributed by atoms with Crippen LogP contribution in [0.4, 0.5) is 0 Å². The van der Waals surface area contributed by atoms with Crippen molar-refractivity contribution in [2.45, 2.75) is 40.7 Å². The van der Waals surface area contributed by atoms with Gasteiger partial charge in [0.2, 0.25) is 0 Å². The zero-order chi connectivity index (χ0) is 12.9. The third-order valence-electron chi connectivity index (χ3n) is 2.50. The van der Waals surface area contributed by atoms with Crippen LogP contribution in [0, 0.1) is 5.41 Å². The van der Waals surface area contributed by atoms with Gasteiger partial charge in [-0.15, -0.1) is 0 Å². The van der Waals surface area contributed by atoms with Gasteiger partial charge in [-0.25, -0.2) is 0 Å². The summed E-state index contributed by atoms with van der Waals surface area (Å²) in [5.41, 5.74) is 2.16. The molecule has 1 rings (SSSR count). The molecule has 0 atom stereocenters. The molecule has 0 radical (unpaired) electrons. The third-order valence-corrected chi connectivity index (χ3v) is 2.73. The van der Waals surface area contributed by atoms with Gasteiger partial charge in [0.05, 0.1) is 5.71 Å². The van der Waals surface area contributed by atoms with Crippen LogP contribution in [0.5, 0.6) is 0 Å². The molecule has 0 aromatic heterocycles. The second-order valence-corrected chi connectivity index (χ2v) is 5.48. The van der Waals surface area contributed by atoms with Crippen LogP contribution in [0.15, 0.2) is 29.4 Å². The highest BCUT2D eigenvalue weighted by Gasteiger charge is 2.17. The number of hydrogen-bond acceptors (Lipinski definition) is 2. The van der Waals surface area contributed by atoms with Crippen molar-refractivity contribution in [2.24, 2.45) is 10.6 Å². The van der Waals surface area contributed by atoms with Gasteiger partial charge in [0.1, 0.15) is 6.61 Å². The standard InChI is InChI=1S/C14H20ClNO/c1-5-13(14(2,3)4)16-17-10-11-7-6-8-12(15)9-11/h6-9H,5,10H2,1-4H3/b16-13+. The van der Waals surface area contributed by atoms with E-state index >= 15 is 0 Å². The molecule has 0 fully saturated rings. The number of hydrogen-bond donors (Lipinski definition) is 0. The molecule has 0 N–H and O–H groups in total. The Balaban J connectivity index is 2.59. The van der Waals surface area contributed by atoms with Gasteiger partial charge in [-0.1, -0.05) is 56.6 Å². The molecule has 0 amide bonds. The molecule has 1 aromatic carbocycles. The molecule has 0 saturated heterocycles. The lowest BCUT2D eigenvalue weighted by molar-refractivity contribution is 0.127. The topological polar surface area (TPSA) is 21.6 Å². The maximum absolute atomic E-state index is 5.89. The predicted octanol–water partition coefficient (Wildman–Crippen LogP) is 4.67. The second-order valence-electron chi connectivity index (χ2n) is 5.04. The van der Waals surface area contributed by atoms with Crippen LogP contribution in [-0.4, -0.2) is 5.71 Å². The predicted molar refractivity (Wildman–Crippen MR) is 73.4 cm³/mol. The first-order valence-corrected chi connectivity index (χ1v) is 6.25. The van der Waals surface area contributed by atoms with Crippen molar-refractivity contribution < 1.29 is 4.84 Å². The average Bonchev–Trinajstić information content (AvgIpc) is 2.22. The molecule has 0 aliphatic carbocycles. The van der Waals surface area contributed by atoms with E-state index in [0.717, 1.165) is 22.7 Å². The zero-order valence-electron chi connectivity index (χ0n) is 11.0. The first-order valence-electron chi connectivity index (χ1n) is 5.87. The average molecular weight is 254 g/mol. The number of nitrogens with zero attached hydrogens (tertiary/aromatic N) is 1. The van der Waals surface area contributed by atoms with Gasteiger partial charge >= 0.3 is 0 Å². The molecule has 3 heteroatoms. The highest BCUT2D eigenvalue weighted by Crippen LogP contribution is 2.19. The lowest BCUT2D eigenvalue weighted by Gasteiger charge is -2.19. The van der Waals surface area contributed by atoms with Gasteiger partial charge in [0.15, 0.2) is 0 Å². The Hall–Kier alpha value is -1.02. The highest BCUT2D eigenvalue weighted by atomic mass is 35.5. The van der Waals surface area contributed by atoms with Gasteiger partial charge in [-0.05, 0) is 24.1 Å². The minimum Gasteiger partial charge on any atom is -0.391 e. The number of rotatable bonds is 4. The van der Waals surface area contributed by atoms with Gasteiger partial charge < -0.3 is 4.84 Å². The van der Waals surface area contributed by atoms with E-state index in [-0.39, 0.29) is 5.41 Å². The molecule has 0 saturated carbocycles. The summed E-state index contributed by atoms with van der Waals surface area (Å²) in [5.74, 6) is 0. The number of halogens is 1. The third kappa shape index (κ3) is 4.78. The summed E-state index contributed by atoms with van der Waals surface area (Å²) in [4.78, 5) is 5.38. The molecule has 17 heavy (non-hydrogen) atoms. The fraction of sp³-hybridized carbons (Fsp3) is 0.500. The Bertz CT molecular complexity index is 393. The quantitative estimate of drug-likeness (QED) is 0.565. The van der Waals surface area contributed by atoms with E-state index in [0.29, 0.717) is 6.61 Å². The molecule has 94 valence electrons. The second kappa shape index (κ2) is 6.06. The fourth-order valence-electron chi connectivity index (χ4n) is 1.54. The van der Waals surface area contributed by atoms with Crippen LogP contribution < -0.4 is 0 Å². The van der Waals surface area contributed by atoms with Crippen molar-refractivity contribution in [3.05, 3.63) is 34.9 Å². The van der Waals surface area contributed by atoms with Crippen molar-refractivity contribution in [2.75, 3.05) is 0 Å². The summed E-state index contributed by atoms with van der Waals surface area (Å²) in [6.45, 7) is 8.96. The summed E-state index contributed by atoms with van der Waals surface area (Å²) >= 11 is 5.89. The molecule has 0 heterocycles. The van der Waals surface area contributed by atoms with Gasteiger partial charge in [-0.2, -0.15) is 0 Å².